The summed E-state index contributed by atoms with van der Waals surface area (Å²) in [6.45, 7) is 16.9. The van der Waals surface area contributed by atoms with Gasteiger partial charge in [0.1, 0.15) is 0 Å². The molecule has 0 bridgehead atoms. The Balaban J connectivity index is -0.00000120. The molecular weight excluding hydrogens is 303 g/mol. The van der Waals surface area contributed by atoms with Gasteiger partial charge in [-0.1, -0.05) is 39.3 Å². The molecule has 1 N–H and O–H groups in total. The minimum absolute atomic E-state index is 0. The summed E-state index contributed by atoms with van der Waals surface area (Å²) in [6.07, 6.45) is 5.00. The number of nitrogens with zero attached hydrogens (tertiary/aromatic N) is 2. The molecule has 1 aliphatic rings. The van der Waals surface area contributed by atoms with Gasteiger partial charge >= 0.3 is 56.6 Å². The van der Waals surface area contributed by atoms with Crippen LogP contribution in [0.2, 0.25) is 19.6 Å². The maximum atomic E-state index is 5.12. The van der Waals surface area contributed by atoms with Gasteiger partial charge in [-0.15, -0.1) is 31.1 Å². The van der Waals surface area contributed by atoms with Crippen molar-refractivity contribution in [2.45, 2.75) is 52.2 Å². The fourth-order valence-electron chi connectivity index (χ4n) is 2.60. The van der Waals surface area contributed by atoms with Crippen LogP contribution in [0.15, 0.2) is 24.6 Å². The molecule has 110 valence electrons. The van der Waals surface area contributed by atoms with Crippen LogP contribution >= 0.6 is 0 Å². The molecule has 0 amide bonds. The summed E-state index contributed by atoms with van der Waals surface area (Å²) in [4.78, 5) is 0. The summed E-state index contributed by atoms with van der Waals surface area (Å²) in [5.41, 5.74) is 4.05. The van der Waals surface area contributed by atoms with Gasteiger partial charge in [-0.3, -0.25) is 0 Å². The Morgan fingerprint density at radius 2 is 1.59 bits per heavy atom. The third-order valence-electron chi connectivity index (χ3n) is 3.56. The van der Waals surface area contributed by atoms with Crippen LogP contribution in [-0.2, 0) is 0 Å². The summed E-state index contributed by atoms with van der Waals surface area (Å²) in [5.74, 6) is 0. The van der Waals surface area contributed by atoms with Gasteiger partial charge in [-0.05, 0) is 0 Å². The fourth-order valence-corrected chi connectivity index (χ4v) is 19.4. The van der Waals surface area contributed by atoms with Gasteiger partial charge < -0.3 is 20.0 Å². The van der Waals surface area contributed by atoms with Crippen molar-refractivity contribution >= 4 is 25.2 Å². The molecule has 0 aliphatic carbocycles. The van der Waals surface area contributed by atoms with Gasteiger partial charge in [-0.2, -0.15) is 23.2 Å². The zero-order valence-corrected chi connectivity index (χ0v) is 18.9. The molecule has 9 heteroatoms. The Kier molecular flexibility index (Phi) is 15.9. The minimum atomic E-state index is -2.00. The van der Waals surface area contributed by atoms with Crippen molar-refractivity contribution in [2.75, 3.05) is 0 Å². The molecule has 0 spiro atoms. The average molecular weight is 331 g/mol. The summed E-state index contributed by atoms with van der Waals surface area (Å²) in [7, 11) is -5.77. The number of unbranched alkanes of at least 4 members (excludes halogenated alkanes) is 3. The molecular formula is C13H28Li3N3Si3. The average Bonchev–Trinajstić information content (AvgIpc) is 2.33. The van der Waals surface area contributed by atoms with E-state index in [9.17, 15) is 0 Å². The quantitative estimate of drug-likeness (QED) is 0.284. The summed E-state index contributed by atoms with van der Waals surface area (Å²) >= 11 is 0. The Bertz CT molecular complexity index is 328. The molecule has 1 rings (SSSR count). The number of nitrogens with one attached hydrogen (secondary N) is 1. The van der Waals surface area contributed by atoms with Crippen LogP contribution in [0.1, 0.15) is 32.6 Å². The topological polar surface area (TPSA) is 40.2 Å². The van der Waals surface area contributed by atoms with Crippen molar-refractivity contribution in [1.82, 2.24) is 4.65 Å². The predicted molar refractivity (Wildman–Crippen MR) is 93.5 cm³/mol. The molecule has 3 atom stereocenters. The van der Waals surface area contributed by atoms with Crippen molar-refractivity contribution in [2.24, 2.45) is 0 Å². The summed E-state index contributed by atoms with van der Waals surface area (Å²) < 4.78 is 13.9. The molecule has 1 heterocycles. The smallest absolute Gasteiger partial charge is 0.689 e. The molecule has 0 radical (unpaired) electrons. The van der Waals surface area contributed by atoms with Gasteiger partial charge in [0.15, 0.2) is 0 Å². The van der Waals surface area contributed by atoms with E-state index in [-0.39, 0.29) is 56.6 Å². The van der Waals surface area contributed by atoms with Crippen molar-refractivity contribution < 1.29 is 56.6 Å². The van der Waals surface area contributed by atoms with E-state index < -0.39 is 25.2 Å². The van der Waals surface area contributed by atoms with E-state index in [1.807, 2.05) is 11.4 Å². The van der Waals surface area contributed by atoms with Crippen molar-refractivity contribution in [3.05, 3.63) is 39.9 Å². The molecule has 0 aromatic carbocycles. The molecule has 1 aliphatic heterocycles. The monoisotopic (exact) mass is 331 g/mol. The third kappa shape index (κ3) is 8.77. The number of hydrogen-bond donors (Lipinski definition) is 1. The van der Waals surface area contributed by atoms with Gasteiger partial charge in [0, 0.05) is 8.40 Å². The Morgan fingerprint density at radius 1 is 1.00 bits per heavy atom. The maximum Gasteiger partial charge on any atom is 1.00 e. The van der Waals surface area contributed by atoms with Gasteiger partial charge in [0.25, 0.3) is 0 Å². The normalized spacial score (nSPS) is 33.6. The second-order valence-corrected chi connectivity index (χ2v) is 16.6. The molecule has 0 aromatic heterocycles. The van der Waals surface area contributed by atoms with Crippen LogP contribution in [0.4, 0.5) is 0 Å². The Hall–Kier alpha value is 1.80. The predicted octanol–water partition coefficient (Wildman–Crippen LogP) is -4.66. The molecule has 0 aromatic rings. The molecule has 1 saturated heterocycles. The molecule has 0 saturated carbocycles. The van der Waals surface area contributed by atoms with Crippen LogP contribution in [-0.4, -0.2) is 25.2 Å². The number of rotatable bonds is 7. The van der Waals surface area contributed by atoms with E-state index >= 15 is 0 Å². The van der Waals surface area contributed by atoms with Gasteiger partial charge in [0.05, 0.1) is 0 Å². The summed E-state index contributed by atoms with van der Waals surface area (Å²) in [6, 6.07) is 2.46. The largest absolute Gasteiger partial charge is 1.00 e. The zero-order valence-electron chi connectivity index (χ0n) is 15.9. The first-order valence-corrected chi connectivity index (χ1v) is 14.7. The molecule has 3 unspecified atom stereocenters. The van der Waals surface area contributed by atoms with Crippen LogP contribution in [0.25, 0.3) is 9.30 Å². The molecule has 3 nitrogen and oxygen atoms in total. The molecule has 22 heavy (non-hydrogen) atoms. The van der Waals surface area contributed by atoms with E-state index in [0.717, 1.165) is 6.42 Å². The number of hydrogen-bond acceptors (Lipinski definition) is 1. The fraction of sp³-hybridized carbons (Fsp3) is 0.615. The SMILES string of the molecule is C=C[Si]1(C)[N-][Si](C)(C=C)N[Si](C)([CH-]CCCCC)[N-]1.[Li+].[Li+].[Li+]. The van der Waals surface area contributed by atoms with Crippen molar-refractivity contribution in [1.29, 1.82) is 0 Å². The zero-order chi connectivity index (χ0) is 14.6. The maximum absolute atomic E-state index is 5.12. The Morgan fingerprint density at radius 3 is 2.05 bits per heavy atom. The summed E-state index contributed by atoms with van der Waals surface area (Å²) in [5, 5.41) is 0. The van der Waals surface area contributed by atoms with E-state index in [1.165, 1.54) is 19.3 Å². The van der Waals surface area contributed by atoms with E-state index in [0.29, 0.717) is 0 Å². The first-order valence-electron chi connectivity index (χ1n) is 7.19. The second kappa shape index (κ2) is 12.2. The first kappa shape index (κ1) is 28.6. The third-order valence-corrected chi connectivity index (χ3v) is 17.6. The Labute approximate surface area is 177 Å². The van der Waals surface area contributed by atoms with Crippen LogP contribution in [0.5, 0.6) is 0 Å². The second-order valence-electron chi connectivity index (χ2n) is 5.85. The minimum Gasteiger partial charge on any atom is -0.689 e. The standard InChI is InChI=1S/C13H28N3Si3.3Li/c1-7-10-11-12-13-19(6)15-17(4,8-2)14-18(5,9-3)16-19;;;/h8-9,13,15H,2-3,7,10-12H2,1,4-6H3;;;/q-3;3*+1. The van der Waals surface area contributed by atoms with Gasteiger partial charge in [-0.25, -0.2) is 0 Å². The van der Waals surface area contributed by atoms with E-state index in [1.54, 1.807) is 0 Å². The van der Waals surface area contributed by atoms with Crippen LogP contribution in [0.3, 0.4) is 0 Å². The van der Waals surface area contributed by atoms with E-state index in [2.05, 4.69) is 50.4 Å². The van der Waals surface area contributed by atoms with Crippen molar-refractivity contribution in [3.63, 3.8) is 0 Å². The van der Waals surface area contributed by atoms with Crippen LogP contribution in [0, 0.1) is 6.04 Å². The molecule has 1 fully saturated rings. The van der Waals surface area contributed by atoms with Gasteiger partial charge in [0.2, 0.25) is 0 Å². The van der Waals surface area contributed by atoms with Crippen molar-refractivity contribution in [3.8, 4) is 0 Å². The van der Waals surface area contributed by atoms with Crippen LogP contribution < -0.4 is 61.2 Å². The first-order chi connectivity index (χ1) is 8.80. The van der Waals surface area contributed by atoms with E-state index in [4.69, 9.17) is 9.30 Å².